The normalized spacial score (nSPS) is 31.1. The van der Waals surface area contributed by atoms with Crippen LogP contribution in [0.5, 0.6) is 11.6 Å². The Morgan fingerprint density at radius 3 is 2.50 bits per heavy atom. The summed E-state index contributed by atoms with van der Waals surface area (Å²) in [6.45, 7) is 8.29. The largest absolute Gasteiger partial charge is 0.497 e. The van der Waals surface area contributed by atoms with Gasteiger partial charge in [-0.2, -0.15) is 0 Å². The summed E-state index contributed by atoms with van der Waals surface area (Å²) in [6.07, 6.45) is -0.386. The van der Waals surface area contributed by atoms with Gasteiger partial charge in [-0.25, -0.2) is 32.0 Å². The zero-order chi connectivity index (χ0) is 41.9. The number of methoxy groups -OCH3 is 1. The molecular weight excluding hydrogens is 779 g/mol. The molecule has 318 valence electrons. The van der Waals surface area contributed by atoms with E-state index < -0.39 is 92.4 Å². The average molecular weight is 833 g/mol. The van der Waals surface area contributed by atoms with Crippen LogP contribution in [0.25, 0.3) is 11.0 Å². The Morgan fingerprint density at radius 2 is 1.83 bits per heavy atom. The number of halogens is 2. The van der Waals surface area contributed by atoms with Gasteiger partial charge >= 0.3 is 6.09 Å². The smallest absolute Gasteiger partial charge is 0.408 e. The molecule has 4 fully saturated rings. The van der Waals surface area contributed by atoms with Crippen LogP contribution in [0, 0.1) is 23.2 Å². The number of hydrogen-bond donors (Lipinski definition) is 3. The van der Waals surface area contributed by atoms with Crippen molar-refractivity contribution in [2.75, 3.05) is 13.7 Å². The predicted octanol–water partition coefficient (Wildman–Crippen LogP) is 4.41. The van der Waals surface area contributed by atoms with Crippen molar-refractivity contribution < 1.29 is 50.6 Å². The van der Waals surface area contributed by atoms with E-state index in [1.165, 1.54) is 18.9 Å². The van der Waals surface area contributed by atoms with Crippen LogP contribution in [0.1, 0.15) is 98.1 Å². The minimum atomic E-state index is -4.18. The maximum atomic E-state index is 14.8. The second-order valence-corrected chi connectivity index (χ2v) is 20.3. The SMILES string of the molecule is COc1ccc2nc3c(nc2c1)O[C@H]1CN(C(=O)[C@H](C(C)(C)C)NC(=O)O[C@@H]2C[C@H]2CCCCC3)[C@H](C(=O)N[C@]2(C(=O)NS(=O)(=O)C3(C)CC3)C[C@H]2CC(F)F)[C@@H]1C. The second-order valence-electron chi connectivity index (χ2n) is 18.1. The highest BCUT2D eigenvalue weighted by atomic mass is 32.2. The van der Waals surface area contributed by atoms with Crippen LogP contribution >= 0.6 is 0 Å². The summed E-state index contributed by atoms with van der Waals surface area (Å²) in [6, 6.07) is 2.79. The van der Waals surface area contributed by atoms with Crippen molar-refractivity contribution in [1.82, 2.24) is 30.2 Å². The number of fused-ring (bicyclic) bond motifs is 5. The zero-order valence-electron chi connectivity index (χ0n) is 33.8. The molecule has 2 bridgehead atoms. The third-order valence-electron chi connectivity index (χ3n) is 12.6. The number of amides is 4. The van der Waals surface area contributed by atoms with Gasteiger partial charge in [-0.05, 0) is 81.3 Å². The first-order valence-electron chi connectivity index (χ1n) is 20.2. The number of nitrogens with zero attached hydrogens (tertiary/aromatic N) is 3. The van der Waals surface area contributed by atoms with Crippen molar-refractivity contribution in [3.63, 3.8) is 0 Å². The molecule has 3 N–H and O–H groups in total. The molecule has 15 nitrogen and oxygen atoms in total. The third kappa shape index (κ3) is 8.39. The lowest BCUT2D eigenvalue weighted by molar-refractivity contribution is -0.143. The number of sulfonamides is 1. The first-order chi connectivity index (χ1) is 27.2. The Kier molecular flexibility index (Phi) is 11.1. The van der Waals surface area contributed by atoms with E-state index in [1.807, 2.05) is 0 Å². The van der Waals surface area contributed by atoms with Gasteiger partial charge < -0.3 is 29.7 Å². The number of alkyl carbamates (subject to hydrolysis) is 1. The van der Waals surface area contributed by atoms with E-state index in [2.05, 4.69) is 15.4 Å². The van der Waals surface area contributed by atoms with Crippen molar-refractivity contribution in [2.24, 2.45) is 23.2 Å². The first kappa shape index (κ1) is 41.8. The number of aryl methyl sites for hydroxylation is 1. The third-order valence-corrected chi connectivity index (χ3v) is 14.8. The van der Waals surface area contributed by atoms with Gasteiger partial charge in [0.15, 0.2) is 0 Å². The summed E-state index contributed by atoms with van der Waals surface area (Å²) in [5.41, 5.74) is -1.12. The van der Waals surface area contributed by atoms with E-state index in [4.69, 9.17) is 24.2 Å². The number of nitrogens with one attached hydrogen (secondary N) is 3. The van der Waals surface area contributed by atoms with Crippen LogP contribution in [0.2, 0.25) is 0 Å². The van der Waals surface area contributed by atoms with E-state index in [0.717, 1.165) is 32.1 Å². The lowest BCUT2D eigenvalue weighted by atomic mass is 9.85. The molecule has 7 rings (SSSR count). The molecule has 2 aromatic rings. The molecule has 3 aliphatic carbocycles. The van der Waals surface area contributed by atoms with Crippen LogP contribution < -0.4 is 24.8 Å². The standard InChI is InChI=1S/C40H54F2N6O9S/c1-21-29-20-48(31(21)33(49)46-40(19-23(40)17-30(41)42)36(51)47-58(53,54)39(5)14-15-39)35(50)32(38(2,3)4)45-37(52)57-28-16-22(28)10-8-7-9-11-26-34(56-29)44-27-18-24(55-6)12-13-25(27)43-26/h12-13,18,21-23,28-32H,7-11,14-17,19-20H2,1-6H3,(H,45,52)(H,46,49)(H,47,51)/t21-,22-,23-,28-,29+,31+,32-,40-/m1/s1. The number of ether oxygens (including phenoxy) is 3. The molecule has 8 atom stereocenters. The highest BCUT2D eigenvalue weighted by Crippen LogP contribution is 2.49. The molecule has 58 heavy (non-hydrogen) atoms. The molecule has 1 saturated heterocycles. The molecule has 5 aliphatic rings. The van der Waals surface area contributed by atoms with Crippen molar-refractivity contribution in [3.05, 3.63) is 23.9 Å². The van der Waals surface area contributed by atoms with Gasteiger partial charge in [0.05, 0.1) is 29.4 Å². The summed E-state index contributed by atoms with van der Waals surface area (Å²) in [7, 11) is -2.65. The Hall–Kier alpha value is -4.35. The summed E-state index contributed by atoms with van der Waals surface area (Å²) in [5.74, 6) is -3.45. The Labute approximate surface area is 337 Å². The molecule has 0 spiro atoms. The predicted molar refractivity (Wildman–Crippen MR) is 206 cm³/mol. The minimum absolute atomic E-state index is 0.157. The minimum Gasteiger partial charge on any atom is -0.497 e. The highest BCUT2D eigenvalue weighted by molar-refractivity contribution is 7.91. The van der Waals surface area contributed by atoms with Gasteiger partial charge in [-0.1, -0.05) is 40.5 Å². The van der Waals surface area contributed by atoms with Crippen molar-refractivity contribution in [3.8, 4) is 11.6 Å². The van der Waals surface area contributed by atoms with Crippen molar-refractivity contribution >= 4 is 44.9 Å². The molecule has 2 aliphatic heterocycles. The summed E-state index contributed by atoms with van der Waals surface area (Å²) < 4.78 is 72.4. The Bertz CT molecular complexity index is 2080. The van der Waals surface area contributed by atoms with Gasteiger partial charge in [0.1, 0.15) is 41.3 Å². The Morgan fingerprint density at radius 1 is 1.09 bits per heavy atom. The summed E-state index contributed by atoms with van der Waals surface area (Å²) in [4.78, 5) is 67.5. The summed E-state index contributed by atoms with van der Waals surface area (Å²) in [5, 5.41) is 5.40. The number of carbonyl (C=O) groups excluding carboxylic acids is 4. The molecule has 18 heteroatoms. The van der Waals surface area contributed by atoms with Crippen molar-refractivity contribution in [2.45, 2.75) is 140 Å². The van der Waals surface area contributed by atoms with Crippen LogP contribution in [-0.4, -0.2) is 102 Å². The zero-order valence-corrected chi connectivity index (χ0v) is 34.6. The first-order valence-corrected chi connectivity index (χ1v) is 21.7. The van der Waals surface area contributed by atoms with Crippen LogP contribution in [0.15, 0.2) is 18.2 Å². The van der Waals surface area contributed by atoms with E-state index in [1.54, 1.807) is 45.9 Å². The fourth-order valence-corrected chi connectivity index (χ4v) is 9.65. The lowest BCUT2D eigenvalue weighted by Gasteiger charge is -2.36. The van der Waals surface area contributed by atoms with Gasteiger partial charge in [0.25, 0.3) is 5.91 Å². The topological polar surface area (TPSA) is 195 Å². The Balaban J connectivity index is 1.25. The van der Waals surface area contributed by atoms with Crippen LogP contribution in [0.4, 0.5) is 13.6 Å². The second kappa shape index (κ2) is 15.4. The molecule has 3 saturated carbocycles. The van der Waals surface area contributed by atoms with E-state index in [0.29, 0.717) is 41.7 Å². The van der Waals surface area contributed by atoms with Crippen LogP contribution in [0.3, 0.4) is 0 Å². The monoisotopic (exact) mass is 832 g/mol. The van der Waals surface area contributed by atoms with E-state index in [-0.39, 0.29) is 30.9 Å². The number of benzene rings is 1. The fourth-order valence-electron chi connectivity index (χ4n) is 8.33. The van der Waals surface area contributed by atoms with E-state index >= 15 is 0 Å². The van der Waals surface area contributed by atoms with Crippen LogP contribution in [-0.2, 0) is 35.6 Å². The summed E-state index contributed by atoms with van der Waals surface area (Å²) >= 11 is 0. The molecule has 3 heterocycles. The molecular formula is C40H54F2N6O9S. The molecule has 1 aromatic carbocycles. The fraction of sp³-hybridized carbons (Fsp3) is 0.700. The van der Waals surface area contributed by atoms with Gasteiger partial charge in [-0.15, -0.1) is 0 Å². The molecule has 0 radical (unpaired) electrons. The van der Waals surface area contributed by atoms with Gasteiger partial charge in [-0.3, -0.25) is 19.1 Å². The molecule has 4 amide bonds. The molecule has 0 unspecified atom stereocenters. The van der Waals surface area contributed by atoms with Gasteiger partial charge in [0, 0.05) is 18.4 Å². The number of aromatic nitrogens is 2. The lowest BCUT2D eigenvalue weighted by Crippen LogP contribution is -2.61. The van der Waals surface area contributed by atoms with Crippen molar-refractivity contribution in [1.29, 1.82) is 0 Å². The molecule has 1 aromatic heterocycles. The number of alkyl halides is 2. The van der Waals surface area contributed by atoms with E-state index in [9.17, 15) is 36.4 Å². The number of carbonyl (C=O) groups is 4. The maximum Gasteiger partial charge on any atom is 0.408 e. The quantitative estimate of drug-likeness (QED) is 0.341. The van der Waals surface area contributed by atoms with Gasteiger partial charge in [0.2, 0.25) is 34.1 Å². The number of hydrogen-bond acceptors (Lipinski definition) is 11. The average Bonchev–Trinajstić information content (AvgIpc) is 4.10. The highest BCUT2D eigenvalue weighted by Gasteiger charge is 2.65. The maximum absolute atomic E-state index is 14.8. The number of rotatable bonds is 8.